The topological polar surface area (TPSA) is 17.1 Å². The van der Waals surface area contributed by atoms with Crippen molar-refractivity contribution in [1.29, 1.82) is 0 Å². The molecule has 98 valence electrons. The Balaban J connectivity index is 1.89. The molecule has 0 bridgehead atoms. The molecule has 0 radical (unpaired) electrons. The average Bonchev–Trinajstić information content (AvgIpc) is 2.35. The van der Waals surface area contributed by atoms with Crippen molar-refractivity contribution >= 4 is 5.78 Å². The second-order valence-electron chi connectivity index (χ2n) is 5.33. The molecular weight excluding hydrogens is 208 g/mol. The normalized spacial score (nSPS) is 16.1. The van der Waals surface area contributed by atoms with Crippen molar-refractivity contribution < 1.29 is 4.79 Å². The molecule has 0 aromatic carbocycles. The van der Waals surface area contributed by atoms with Gasteiger partial charge in [-0.2, -0.15) is 0 Å². The Morgan fingerprint density at radius 3 is 2.18 bits per heavy atom. The van der Waals surface area contributed by atoms with E-state index in [0.717, 1.165) is 12.8 Å². The Hall–Kier alpha value is -0.590. The molecule has 0 fully saturated rings. The van der Waals surface area contributed by atoms with Crippen LogP contribution in [0.15, 0.2) is 11.6 Å². The van der Waals surface area contributed by atoms with Crippen LogP contribution in [0, 0.1) is 0 Å². The highest BCUT2D eigenvalue weighted by molar-refractivity contribution is 5.81. The van der Waals surface area contributed by atoms with Crippen LogP contribution in [0.1, 0.15) is 84.0 Å². The van der Waals surface area contributed by atoms with Gasteiger partial charge >= 0.3 is 0 Å². The molecule has 1 rings (SSSR count). The van der Waals surface area contributed by atoms with Gasteiger partial charge in [0.15, 0.2) is 0 Å². The molecule has 0 amide bonds. The van der Waals surface area contributed by atoms with Gasteiger partial charge in [-0.1, -0.05) is 63.5 Å². The van der Waals surface area contributed by atoms with Crippen LogP contribution in [0.5, 0.6) is 0 Å². The van der Waals surface area contributed by atoms with Crippen molar-refractivity contribution in [2.45, 2.75) is 84.0 Å². The SMILES string of the molecule is CCCCCCCCCCC1=CCC(=O)CC1. The summed E-state index contributed by atoms with van der Waals surface area (Å²) >= 11 is 0. The number of unbranched alkanes of at least 4 members (excludes halogenated alkanes) is 7. The van der Waals surface area contributed by atoms with E-state index in [4.69, 9.17) is 0 Å². The summed E-state index contributed by atoms with van der Waals surface area (Å²) in [6.07, 6.45) is 17.0. The number of rotatable bonds is 9. The molecule has 1 aliphatic rings. The Kier molecular flexibility index (Phi) is 8.04. The molecular formula is C16H28O. The molecule has 1 aliphatic carbocycles. The third kappa shape index (κ3) is 7.36. The van der Waals surface area contributed by atoms with Crippen LogP contribution in [0.25, 0.3) is 0 Å². The Labute approximate surface area is 107 Å². The highest BCUT2D eigenvalue weighted by Gasteiger charge is 2.09. The molecule has 0 saturated heterocycles. The van der Waals surface area contributed by atoms with Crippen molar-refractivity contribution in [2.75, 3.05) is 0 Å². The third-order valence-electron chi connectivity index (χ3n) is 3.69. The lowest BCUT2D eigenvalue weighted by molar-refractivity contribution is -0.118. The Morgan fingerprint density at radius 1 is 0.941 bits per heavy atom. The predicted molar refractivity (Wildman–Crippen MR) is 74.2 cm³/mol. The molecule has 0 unspecified atom stereocenters. The summed E-state index contributed by atoms with van der Waals surface area (Å²) in [5.41, 5.74) is 1.54. The van der Waals surface area contributed by atoms with Crippen LogP contribution >= 0.6 is 0 Å². The van der Waals surface area contributed by atoms with E-state index in [9.17, 15) is 4.79 Å². The van der Waals surface area contributed by atoms with Crippen molar-refractivity contribution in [3.05, 3.63) is 11.6 Å². The number of Topliss-reactive ketones (excluding diaryl/α,β-unsaturated/α-hetero) is 1. The first-order valence-corrected chi connectivity index (χ1v) is 7.52. The summed E-state index contributed by atoms with van der Waals surface area (Å²) in [6.45, 7) is 2.27. The van der Waals surface area contributed by atoms with Gasteiger partial charge in [0.25, 0.3) is 0 Å². The third-order valence-corrected chi connectivity index (χ3v) is 3.69. The molecule has 0 heterocycles. The van der Waals surface area contributed by atoms with E-state index in [2.05, 4.69) is 13.0 Å². The maximum Gasteiger partial charge on any atom is 0.136 e. The molecule has 17 heavy (non-hydrogen) atoms. The number of ketones is 1. The molecule has 1 nitrogen and oxygen atoms in total. The molecule has 0 aliphatic heterocycles. The lowest BCUT2D eigenvalue weighted by atomic mass is 9.94. The first kappa shape index (κ1) is 14.5. The summed E-state index contributed by atoms with van der Waals surface area (Å²) in [7, 11) is 0. The van der Waals surface area contributed by atoms with Gasteiger partial charge < -0.3 is 0 Å². The monoisotopic (exact) mass is 236 g/mol. The van der Waals surface area contributed by atoms with Gasteiger partial charge in [-0.05, 0) is 19.3 Å². The van der Waals surface area contributed by atoms with E-state index in [1.165, 1.54) is 63.4 Å². The van der Waals surface area contributed by atoms with Crippen molar-refractivity contribution in [2.24, 2.45) is 0 Å². The highest BCUT2D eigenvalue weighted by atomic mass is 16.1. The van der Waals surface area contributed by atoms with E-state index in [1.54, 1.807) is 0 Å². The summed E-state index contributed by atoms with van der Waals surface area (Å²) in [4.78, 5) is 11.1. The lowest BCUT2D eigenvalue weighted by Crippen LogP contribution is -2.03. The van der Waals surface area contributed by atoms with E-state index in [0.29, 0.717) is 12.2 Å². The van der Waals surface area contributed by atoms with Crippen LogP contribution in [0.2, 0.25) is 0 Å². The van der Waals surface area contributed by atoms with Gasteiger partial charge in [0.05, 0.1) is 0 Å². The zero-order chi connectivity index (χ0) is 12.3. The van der Waals surface area contributed by atoms with Crippen LogP contribution in [-0.2, 0) is 4.79 Å². The Morgan fingerprint density at radius 2 is 1.59 bits per heavy atom. The summed E-state index contributed by atoms with van der Waals surface area (Å²) in [6, 6.07) is 0. The smallest absolute Gasteiger partial charge is 0.136 e. The minimum absolute atomic E-state index is 0.421. The fourth-order valence-electron chi connectivity index (χ4n) is 2.48. The minimum atomic E-state index is 0.421. The summed E-state index contributed by atoms with van der Waals surface area (Å²) in [5, 5.41) is 0. The molecule has 0 N–H and O–H groups in total. The molecule has 0 spiro atoms. The number of allylic oxidation sites excluding steroid dienone is 2. The van der Waals surface area contributed by atoms with Crippen molar-refractivity contribution in [1.82, 2.24) is 0 Å². The van der Waals surface area contributed by atoms with Gasteiger partial charge in [0.2, 0.25) is 0 Å². The van der Waals surface area contributed by atoms with Crippen LogP contribution in [0.3, 0.4) is 0 Å². The van der Waals surface area contributed by atoms with Gasteiger partial charge in [-0.15, -0.1) is 0 Å². The fraction of sp³-hybridized carbons (Fsp3) is 0.812. The number of carbonyl (C=O) groups is 1. The largest absolute Gasteiger partial charge is 0.299 e. The average molecular weight is 236 g/mol. The van der Waals surface area contributed by atoms with E-state index in [-0.39, 0.29) is 0 Å². The second kappa shape index (κ2) is 9.44. The van der Waals surface area contributed by atoms with Gasteiger partial charge in [0.1, 0.15) is 5.78 Å². The zero-order valence-electron chi connectivity index (χ0n) is 11.5. The molecule has 0 saturated carbocycles. The summed E-state index contributed by atoms with van der Waals surface area (Å²) < 4.78 is 0. The van der Waals surface area contributed by atoms with Crippen LogP contribution in [0.4, 0.5) is 0 Å². The number of hydrogen-bond acceptors (Lipinski definition) is 1. The van der Waals surface area contributed by atoms with Crippen molar-refractivity contribution in [3.63, 3.8) is 0 Å². The number of hydrogen-bond donors (Lipinski definition) is 0. The maximum atomic E-state index is 11.1. The highest BCUT2D eigenvalue weighted by Crippen LogP contribution is 2.21. The minimum Gasteiger partial charge on any atom is -0.299 e. The molecule has 0 atom stereocenters. The van der Waals surface area contributed by atoms with E-state index < -0.39 is 0 Å². The van der Waals surface area contributed by atoms with Gasteiger partial charge in [0, 0.05) is 12.8 Å². The standard InChI is InChI=1S/C16H28O/c1-2-3-4-5-6-7-8-9-10-15-11-13-16(17)14-12-15/h11H,2-10,12-14H2,1H3. The van der Waals surface area contributed by atoms with Gasteiger partial charge in [-0.3, -0.25) is 4.79 Å². The van der Waals surface area contributed by atoms with Crippen LogP contribution in [-0.4, -0.2) is 5.78 Å². The van der Waals surface area contributed by atoms with Crippen molar-refractivity contribution in [3.8, 4) is 0 Å². The number of carbonyl (C=O) groups excluding carboxylic acids is 1. The van der Waals surface area contributed by atoms with Gasteiger partial charge in [-0.25, -0.2) is 0 Å². The molecule has 1 heteroatoms. The Bertz CT molecular complexity index is 240. The van der Waals surface area contributed by atoms with Crippen LogP contribution < -0.4 is 0 Å². The maximum absolute atomic E-state index is 11.1. The summed E-state index contributed by atoms with van der Waals surface area (Å²) in [5.74, 6) is 0.421. The fourth-order valence-corrected chi connectivity index (χ4v) is 2.48. The van der Waals surface area contributed by atoms with E-state index in [1.807, 2.05) is 0 Å². The first-order valence-electron chi connectivity index (χ1n) is 7.52. The quantitative estimate of drug-likeness (QED) is 0.397. The lowest BCUT2D eigenvalue weighted by Gasteiger charge is -2.11. The second-order valence-corrected chi connectivity index (χ2v) is 5.33. The first-order chi connectivity index (χ1) is 8.33. The van der Waals surface area contributed by atoms with E-state index >= 15 is 0 Å². The predicted octanol–water partition coefficient (Wildman–Crippen LogP) is 5.20. The molecule has 0 aromatic heterocycles. The zero-order valence-corrected chi connectivity index (χ0v) is 11.5. The molecule has 0 aromatic rings.